The van der Waals surface area contributed by atoms with Crippen LogP contribution in [-0.2, 0) is 30.5 Å². The highest BCUT2D eigenvalue weighted by Gasteiger charge is 2.29. The van der Waals surface area contributed by atoms with Crippen LogP contribution in [0.1, 0.15) is 209 Å². The van der Waals surface area contributed by atoms with E-state index in [0.29, 0.717) is 81.8 Å². The number of thiazole rings is 8. The number of aromatic nitrogens is 8. The van der Waals surface area contributed by atoms with Gasteiger partial charge in [0.15, 0.2) is 35.5 Å². The van der Waals surface area contributed by atoms with E-state index in [1.165, 1.54) is 79.4 Å². The predicted molar refractivity (Wildman–Crippen MR) is 549 cm³/mol. The van der Waals surface area contributed by atoms with Crippen LogP contribution >= 0.6 is 90.7 Å². The minimum Gasteiger partial charge on any atom is -0.489 e. The zero-order chi connectivity index (χ0) is 96.8. The second kappa shape index (κ2) is 48.7. The number of likely N-dealkylation sites (tertiary alicyclic amines) is 2. The number of nitrogens with one attached hydrogen (secondary N) is 6. The first-order valence-electron chi connectivity index (χ1n) is 45.1. The minimum atomic E-state index is -0.489. The largest absolute Gasteiger partial charge is 0.489 e. The monoisotopic (exact) mass is 1980 g/mol. The smallest absolute Gasteiger partial charge is 0.282 e. The molecule has 11 heterocycles. The molecule has 0 aliphatic carbocycles. The fourth-order valence-electron chi connectivity index (χ4n) is 15.1. The maximum atomic E-state index is 12.9. The molecule has 32 nitrogen and oxygen atoms in total. The molecular weight excluding hydrogens is 1860 g/mol. The molecule has 0 atom stereocenters. The number of likely N-dealkylation sites (N-methyl/N-ethyl adjacent to an activating group) is 2. The standard InChI is InChI=1S/C26H34N6O2S2.C24H30N6O2S2.C23H30N6O2S2.C22H27N5O3S2/c1-5-6-17-7-8-18(23(27)33)13-20(17)30-26-31-21(14-35-26)22-16(4)28-25(36-22)24(34)29-19-9-11-32(12-10-19)15(2)3;1-4-5-15-6-7-16(21(25)31)12-18(15)28-24-29-19(13-33-24)20-14(2)26-23(34-20)22(32)27-17-8-10-30(3)11-9-17;1-6-7-15-8-9-16(20(24)30)12-17(15)26-23-27-18(13-32-23)19-14(2)25-21(33-19)22(31)29(5)11-10-28(3)4;1-13(2)30-18-5-4-15(21(23)28)10-16(18)25-22-26-17(12-31-22)20-14(3)24-19(32-20)11-27-6-8-29-9-7-27/h7-8,13-15,19H,5-6,9-12H2,1-4H3,(H2,27,33)(H,29,34)(H,30,31);6-7,12-13,17H,4-5,8-11H2,1-3H3,(H2,25,31)(H,27,32)(H,28,29);8-9,12-13H,6-7,10-11H2,1-5H3,(H2,24,30)(H,26,27);4-5,10,12-13H,6-9,11H2,1-3H3,(H2,23,28)(H,25,26). The molecule has 8 aromatic heterocycles. The van der Waals surface area contributed by atoms with Crippen LogP contribution in [0, 0.1) is 27.7 Å². The highest BCUT2D eigenvalue weighted by molar-refractivity contribution is 7.20. The third kappa shape index (κ3) is 28.6. The van der Waals surface area contributed by atoms with Crippen molar-refractivity contribution in [1.82, 2.24) is 75.0 Å². The normalized spacial score (nSPS) is 13.9. The van der Waals surface area contributed by atoms with Crippen molar-refractivity contribution in [1.29, 1.82) is 0 Å². The molecule has 7 amide bonds. The number of carbonyl (C=O) groups is 7. The number of amides is 7. The van der Waals surface area contributed by atoms with E-state index in [2.05, 4.69) is 103 Å². The lowest BCUT2D eigenvalue weighted by atomic mass is 10.0. The first kappa shape index (κ1) is 103. The maximum absolute atomic E-state index is 12.9. The van der Waals surface area contributed by atoms with Crippen molar-refractivity contribution in [3.8, 4) is 48.0 Å². The fraction of sp³-hybridized carbons (Fsp3) is 0.421. The number of rotatable bonds is 35. The molecule has 3 saturated heterocycles. The van der Waals surface area contributed by atoms with E-state index in [1.54, 1.807) is 77.9 Å². The molecule has 0 bridgehead atoms. The number of anilines is 8. The van der Waals surface area contributed by atoms with Crippen molar-refractivity contribution in [3.63, 3.8) is 0 Å². The number of nitrogens with zero attached hydrogens (tertiary/aromatic N) is 13. The van der Waals surface area contributed by atoms with Crippen molar-refractivity contribution in [2.75, 3.05) is 115 Å². The van der Waals surface area contributed by atoms with Crippen LogP contribution in [0.4, 0.5) is 43.3 Å². The number of hydrogen-bond donors (Lipinski definition) is 10. The number of benzene rings is 4. The van der Waals surface area contributed by atoms with Gasteiger partial charge in [0.1, 0.15) is 10.8 Å². The lowest BCUT2D eigenvalue weighted by Gasteiger charge is -2.34. The molecule has 0 radical (unpaired) electrons. The summed E-state index contributed by atoms with van der Waals surface area (Å²) in [5.41, 5.74) is 36.7. The first-order valence-corrected chi connectivity index (χ1v) is 51.9. The van der Waals surface area contributed by atoms with Crippen LogP contribution in [-0.4, -0.2) is 224 Å². The second-order valence-corrected chi connectivity index (χ2v) is 41.5. The van der Waals surface area contributed by atoms with E-state index < -0.39 is 23.6 Å². The molecular formula is C95H121N23O9S8. The van der Waals surface area contributed by atoms with Crippen LogP contribution in [0.2, 0.25) is 0 Å². The summed E-state index contributed by atoms with van der Waals surface area (Å²) in [5, 5.41) is 32.8. The Labute approximate surface area is 820 Å². The first-order chi connectivity index (χ1) is 64.7. The van der Waals surface area contributed by atoms with E-state index >= 15 is 0 Å². The number of carbonyl (C=O) groups excluding carboxylic acids is 7. The molecule has 14 N–H and O–H groups in total. The predicted octanol–water partition coefficient (Wildman–Crippen LogP) is 17.2. The number of nitrogens with two attached hydrogens (primary N) is 4. The number of aryl methyl sites for hydroxylation is 7. The van der Waals surface area contributed by atoms with Crippen molar-refractivity contribution in [2.45, 2.75) is 171 Å². The van der Waals surface area contributed by atoms with Crippen LogP contribution in [0.5, 0.6) is 5.75 Å². The van der Waals surface area contributed by atoms with Gasteiger partial charge in [-0.2, -0.15) is 0 Å². The van der Waals surface area contributed by atoms with Crippen LogP contribution in [0.25, 0.3) is 42.3 Å². The molecule has 0 spiro atoms. The topological polar surface area (TPSA) is 434 Å². The SMILES string of the molecule is CCCc1ccc(C(N)=O)cc1Nc1nc(-c2sc(C(=O)N(C)CCN(C)C)nc2C)cs1.CCCc1ccc(C(N)=O)cc1Nc1nc(-c2sc(C(=O)NC3CCN(C(C)C)CC3)nc2C)cs1.CCCc1ccc(C(N)=O)cc1Nc1nc(-c2sc(C(=O)NC3CCN(C)CC3)nc2C)cs1.Cc1nc(CN2CCOCC2)sc1-c1csc(Nc2cc(C(N)=O)ccc2OC(C)C)n1. The molecule has 718 valence electrons. The Morgan fingerprint density at radius 2 is 0.815 bits per heavy atom. The number of ether oxygens (including phenoxy) is 2. The van der Waals surface area contributed by atoms with Gasteiger partial charge in [-0.3, -0.25) is 38.5 Å². The maximum Gasteiger partial charge on any atom is 0.282 e. The van der Waals surface area contributed by atoms with Crippen LogP contribution in [0.3, 0.4) is 0 Å². The van der Waals surface area contributed by atoms with Crippen molar-refractivity contribution in [3.05, 3.63) is 176 Å². The molecule has 12 aromatic rings. The zero-order valence-corrected chi connectivity index (χ0v) is 85.5. The third-order valence-electron chi connectivity index (χ3n) is 22.4. The molecule has 135 heavy (non-hydrogen) atoms. The Bertz CT molecular complexity index is 6080. The number of hydrogen-bond acceptors (Lipinski definition) is 33. The molecule has 0 unspecified atom stereocenters. The summed E-state index contributed by atoms with van der Waals surface area (Å²) in [7, 11) is 7.85. The Kier molecular flexibility index (Phi) is 37.1. The fourth-order valence-corrected chi connectivity index (χ4v) is 22.2. The van der Waals surface area contributed by atoms with E-state index in [1.807, 2.05) is 100 Å². The van der Waals surface area contributed by atoms with E-state index in [9.17, 15) is 33.6 Å². The van der Waals surface area contributed by atoms with Gasteiger partial charge in [0.25, 0.3) is 17.7 Å². The quantitative estimate of drug-likeness (QED) is 0.0176. The molecule has 3 aliphatic rings. The lowest BCUT2D eigenvalue weighted by Crippen LogP contribution is -2.46. The van der Waals surface area contributed by atoms with Gasteiger partial charge < -0.3 is 83.9 Å². The summed E-state index contributed by atoms with van der Waals surface area (Å²) < 4.78 is 11.3. The van der Waals surface area contributed by atoms with E-state index in [-0.39, 0.29) is 35.9 Å². The molecule has 0 saturated carbocycles. The van der Waals surface area contributed by atoms with Crippen LogP contribution < -0.4 is 59.6 Å². The van der Waals surface area contributed by atoms with Crippen molar-refractivity contribution < 1.29 is 43.0 Å². The minimum absolute atomic E-state index is 0.00781. The molecule has 3 fully saturated rings. The Morgan fingerprint density at radius 3 is 1.19 bits per heavy atom. The molecule has 4 aromatic carbocycles. The highest BCUT2D eigenvalue weighted by atomic mass is 32.1. The molecule has 3 aliphatic heterocycles. The van der Waals surface area contributed by atoms with Gasteiger partial charge in [-0.25, -0.2) is 39.9 Å². The number of primary amides is 4. The Hall–Kier alpha value is -11.0. The van der Waals surface area contributed by atoms with Crippen molar-refractivity contribution >= 4 is 175 Å². The number of morpholine rings is 1. The summed E-state index contributed by atoms with van der Waals surface area (Å²) in [5.74, 6) is -1.55. The van der Waals surface area contributed by atoms with E-state index in [4.69, 9.17) is 57.3 Å². The van der Waals surface area contributed by atoms with Gasteiger partial charge in [-0.1, -0.05) is 58.2 Å². The average Bonchev–Trinajstić information content (AvgIpc) is 1.67. The van der Waals surface area contributed by atoms with Gasteiger partial charge in [0.2, 0.25) is 23.6 Å². The zero-order valence-electron chi connectivity index (χ0n) is 79.0. The van der Waals surface area contributed by atoms with Gasteiger partial charge in [-0.15, -0.1) is 90.7 Å². The lowest BCUT2D eigenvalue weighted by molar-refractivity contribution is 0.0341. The third-order valence-corrected chi connectivity index (χ3v) is 30.1. The summed E-state index contributed by atoms with van der Waals surface area (Å²) >= 11 is 11.7. The number of piperidine rings is 2. The summed E-state index contributed by atoms with van der Waals surface area (Å²) in [4.78, 5) is 137. The highest BCUT2D eigenvalue weighted by Crippen LogP contribution is 2.41. The molecule has 40 heteroatoms. The molecule has 15 rings (SSSR count). The van der Waals surface area contributed by atoms with Crippen LogP contribution in [0.15, 0.2) is 94.3 Å². The van der Waals surface area contributed by atoms with Crippen molar-refractivity contribution in [2.24, 2.45) is 22.9 Å². The average molecular weight is 1990 g/mol. The summed E-state index contributed by atoms with van der Waals surface area (Å²) in [6.45, 7) is 32.0. The summed E-state index contributed by atoms with van der Waals surface area (Å²) in [6, 6.07) is 22.4. The summed E-state index contributed by atoms with van der Waals surface area (Å²) in [6.07, 6.45) is 9.39. The van der Waals surface area contributed by atoms with Gasteiger partial charge in [-0.05, 0) is 206 Å². The Morgan fingerprint density at radius 1 is 0.459 bits per heavy atom. The second-order valence-electron chi connectivity index (χ2n) is 34.0. The van der Waals surface area contributed by atoms with Gasteiger partial charge in [0.05, 0.1) is 96.6 Å². The van der Waals surface area contributed by atoms with Gasteiger partial charge >= 0.3 is 0 Å². The Balaban J connectivity index is 0.000000162. The van der Waals surface area contributed by atoms with E-state index in [0.717, 1.165) is 234 Å². The van der Waals surface area contributed by atoms with Gasteiger partial charge in [0, 0.05) is 125 Å².